The Morgan fingerprint density at radius 3 is 2.56 bits per heavy atom. The smallest absolute Gasteiger partial charge is 0.256 e. The van der Waals surface area contributed by atoms with E-state index in [1.807, 2.05) is 13.8 Å². The number of carbonyl (C=O) groups is 1. The van der Waals surface area contributed by atoms with Crippen LogP contribution in [0.4, 0.5) is 5.69 Å². The van der Waals surface area contributed by atoms with Crippen LogP contribution >= 0.6 is 11.6 Å². The van der Waals surface area contributed by atoms with Gasteiger partial charge in [0.2, 0.25) is 0 Å². The summed E-state index contributed by atoms with van der Waals surface area (Å²) < 4.78 is 5.61. The molecule has 1 aliphatic heterocycles. The van der Waals surface area contributed by atoms with E-state index in [9.17, 15) is 4.79 Å². The minimum atomic E-state index is -0.0637. The summed E-state index contributed by atoms with van der Waals surface area (Å²) >= 11 is 5.83. The molecule has 98 valence electrons. The predicted octanol–water partition coefficient (Wildman–Crippen LogP) is 2.17. The van der Waals surface area contributed by atoms with E-state index in [1.165, 1.54) is 0 Å². The lowest BCUT2D eigenvalue weighted by Crippen LogP contribution is -2.48. The maximum atomic E-state index is 12.4. The van der Waals surface area contributed by atoms with Crippen LogP contribution in [0.1, 0.15) is 24.2 Å². The van der Waals surface area contributed by atoms with E-state index >= 15 is 0 Å². The number of rotatable bonds is 1. The van der Waals surface area contributed by atoms with Gasteiger partial charge < -0.3 is 15.4 Å². The summed E-state index contributed by atoms with van der Waals surface area (Å²) in [7, 11) is 0. The summed E-state index contributed by atoms with van der Waals surface area (Å²) in [6, 6.07) is 4.95. The Morgan fingerprint density at radius 1 is 1.39 bits per heavy atom. The number of hydrogen-bond acceptors (Lipinski definition) is 3. The van der Waals surface area contributed by atoms with Crippen molar-refractivity contribution in [1.29, 1.82) is 0 Å². The zero-order valence-corrected chi connectivity index (χ0v) is 11.3. The van der Waals surface area contributed by atoms with Crippen LogP contribution in [-0.2, 0) is 4.74 Å². The number of ether oxygens (including phenoxy) is 1. The monoisotopic (exact) mass is 268 g/mol. The first-order valence-corrected chi connectivity index (χ1v) is 6.35. The molecule has 0 spiro atoms. The fraction of sp³-hybridized carbons (Fsp3) is 0.462. The van der Waals surface area contributed by atoms with Gasteiger partial charge in [0.15, 0.2) is 0 Å². The Labute approximate surface area is 112 Å². The molecule has 1 heterocycles. The second-order valence-corrected chi connectivity index (χ2v) is 5.14. The molecule has 1 amide bonds. The Morgan fingerprint density at radius 2 is 2.00 bits per heavy atom. The topological polar surface area (TPSA) is 55.6 Å². The number of nitrogens with zero attached hydrogens (tertiary/aromatic N) is 1. The van der Waals surface area contributed by atoms with Crippen LogP contribution in [0.3, 0.4) is 0 Å². The fourth-order valence-electron chi connectivity index (χ4n) is 2.24. The summed E-state index contributed by atoms with van der Waals surface area (Å²) in [4.78, 5) is 14.1. The first-order chi connectivity index (χ1) is 8.47. The van der Waals surface area contributed by atoms with Gasteiger partial charge in [0.25, 0.3) is 5.91 Å². The number of benzene rings is 1. The standard InChI is InChI=1S/C13H17ClN2O2/c1-8-6-16(7-9(2)18-8)13(17)11-4-3-10(14)5-12(11)15/h3-5,8-9H,6-7,15H2,1-2H3. The molecule has 2 unspecified atom stereocenters. The van der Waals surface area contributed by atoms with Crippen molar-refractivity contribution in [1.82, 2.24) is 4.90 Å². The highest BCUT2D eigenvalue weighted by atomic mass is 35.5. The number of carbonyl (C=O) groups excluding carboxylic acids is 1. The van der Waals surface area contributed by atoms with Crippen molar-refractivity contribution >= 4 is 23.2 Å². The summed E-state index contributed by atoms with van der Waals surface area (Å²) in [5.41, 5.74) is 6.75. The highest BCUT2D eigenvalue weighted by Crippen LogP contribution is 2.21. The van der Waals surface area contributed by atoms with Crippen molar-refractivity contribution in [3.05, 3.63) is 28.8 Å². The molecule has 18 heavy (non-hydrogen) atoms. The summed E-state index contributed by atoms with van der Waals surface area (Å²) in [5, 5.41) is 0.535. The summed E-state index contributed by atoms with van der Waals surface area (Å²) in [6.07, 6.45) is 0.0949. The van der Waals surface area contributed by atoms with Crippen LogP contribution in [0.5, 0.6) is 0 Å². The normalized spacial score (nSPS) is 24.1. The van der Waals surface area contributed by atoms with Gasteiger partial charge in [-0.15, -0.1) is 0 Å². The van der Waals surface area contributed by atoms with E-state index in [-0.39, 0.29) is 18.1 Å². The van der Waals surface area contributed by atoms with E-state index in [1.54, 1.807) is 23.1 Å². The second kappa shape index (κ2) is 5.16. The van der Waals surface area contributed by atoms with Crippen molar-refractivity contribution < 1.29 is 9.53 Å². The molecule has 1 fully saturated rings. The molecular weight excluding hydrogens is 252 g/mol. The van der Waals surface area contributed by atoms with Crippen molar-refractivity contribution in [3.63, 3.8) is 0 Å². The third-order valence-corrected chi connectivity index (χ3v) is 3.19. The number of halogens is 1. The molecule has 0 radical (unpaired) electrons. The van der Waals surface area contributed by atoms with Crippen LogP contribution in [0.2, 0.25) is 5.02 Å². The minimum Gasteiger partial charge on any atom is -0.398 e. The van der Waals surface area contributed by atoms with E-state index in [0.717, 1.165) is 0 Å². The Kier molecular flexibility index (Phi) is 3.78. The molecule has 2 rings (SSSR count). The number of amides is 1. The van der Waals surface area contributed by atoms with E-state index in [2.05, 4.69) is 0 Å². The van der Waals surface area contributed by atoms with E-state index in [4.69, 9.17) is 22.1 Å². The highest BCUT2D eigenvalue weighted by Gasteiger charge is 2.27. The molecule has 1 aliphatic rings. The predicted molar refractivity (Wildman–Crippen MR) is 71.8 cm³/mol. The average Bonchev–Trinajstić information content (AvgIpc) is 2.26. The maximum Gasteiger partial charge on any atom is 0.256 e. The Hall–Kier alpha value is -1.26. The second-order valence-electron chi connectivity index (χ2n) is 4.70. The summed E-state index contributed by atoms with van der Waals surface area (Å²) in [6.45, 7) is 5.10. The molecule has 0 saturated carbocycles. The first kappa shape index (κ1) is 13.2. The van der Waals surface area contributed by atoms with Crippen LogP contribution in [-0.4, -0.2) is 36.1 Å². The van der Waals surface area contributed by atoms with Gasteiger partial charge in [-0.05, 0) is 32.0 Å². The zero-order chi connectivity index (χ0) is 13.3. The molecule has 2 N–H and O–H groups in total. The molecule has 0 aliphatic carbocycles. The quantitative estimate of drug-likeness (QED) is 0.794. The highest BCUT2D eigenvalue weighted by molar-refractivity contribution is 6.31. The summed E-state index contributed by atoms with van der Waals surface area (Å²) in [5.74, 6) is -0.0637. The number of morpholine rings is 1. The van der Waals surface area contributed by atoms with Crippen molar-refractivity contribution in [2.24, 2.45) is 0 Å². The van der Waals surface area contributed by atoms with Crippen LogP contribution in [0, 0.1) is 0 Å². The molecule has 1 saturated heterocycles. The number of anilines is 1. The lowest BCUT2D eigenvalue weighted by atomic mass is 10.1. The lowest BCUT2D eigenvalue weighted by Gasteiger charge is -2.35. The molecule has 1 aromatic carbocycles. The zero-order valence-electron chi connectivity index (χ0n) is 10.5. The largest absolute Gasteiger partial charge is 0.398 e. The van der Waals surface area contributed by atoms with Gasteiger partial charge in [0, 0.05) is 23.8 Å². The molecule has 2 atom stereocenters. The first-order valence-electron chi connectivity index (χ1n) is 5.97. The van der Waals surface area contributed by atoms with E-state index in [0.29, 0.717) is 29.4 Å². The average molecular weight is 269 g/mol. The van der Waals surface area contributed by atoms with Crippen LogP contribution < -0.4 is 5.73 Å². The molecular formula is C13H17ClN2O2. The van der Waals surface area contributed by atoms with Crippen LogP contribution in [0.25, 0.3) is 0 Å². The molecule has 0 aromatic heterocycles. The SMILES string of the molecule is CC1CN(C(=O)c2ccc(Cl)cc2N)CC(C)O1. The fourth-order valence-corrected chi connectivity index (χ4v) is 2.42. The third kappa shape index (κ3) is 2.76. The van der Waals surface area contributed by atoms with Gasteiger partial charge in [-0.25, -0.2) is 0 Å². The number of hydrogen-bond donors (Lipinski definition) is 1. The molecule has 5 heteroatoms. The number of nitrogen functional groups attached to an aromatic ring is 1. The Bertz CT molecular complexity index is 454. The number of nitrogens with two attached hydrogens (primary N) is 1. The van der Waals surface area contributed by atoms with Crippen molar-refractivity contribution in [2.45, 2.75) is 26.1 Å². The van der Waals surface area contributed by atoms with Crippen LogP contribution in [0.15, 0.2) is 18.2 Å². The van der Waals surface area contributed by atoms with Gasteiger partial charge in [-0.1, -0.05) is 11.6 Å². The van der Waals surface area contributed by atoms with Crippen molar-refractivity contribution in [3.8, 4) is 0 Å². The van der Waals surface area contributed by atoms with Gasteiger partial charge >= 0.3 is 0 Å². The Balaban J connectivity index is 2.20. The maximum absolute atomic E-state index is 12.4. The molecule has 0 bridgehead atoms. The third-order valence-electron chi connectivity index (χ3n) is 2.95. The van der Waals surface area contributed by atoms with Crippen molar-refractivity contribution in [2.75, 3.05) is 18.8 Å². The molecule has 4 nitrogen and oxygen atoms in total. The van der Waals surface area contributed by atoms with Gasteiger partial charge in [-0.2, -0.15) is 0 Å². The lowest BCUT2D eigenvalue weighted by molar-refractivity contribution is -0.0585. The van der Waals surface area contributed by atoms with Gasteiger partial charge in [-0.3, -0.25) is 4.79 Å². The molecule has 1 aromatic rings. The van der Waals surface area contributed by atoms with Gasteiger partial charge in [0.05, 0.1) is 17.8 Å². The minimum absolute atomic E-state index is 0.0474. The van der Waals surface area contributed by atoms with Gasteiger partial charge in [0.1, 0.15) is 0 Å². The van der Waals surface area contributed by atoms with E-state index < -0.39 is 0 Å².